The van der Waals surface area contributed by atoms with Gasteiger partial charge in [-0.15, -0.1) is 0 Å². The van der Waals surface area contributed by atoms with Gasteiger partial charge in [0.1, 0.15) is 0 Å². The predicted octanol–water partition coefficient (Wildman–Crippen LogP) is 3.52. The van der Waals surface area contributed by atoms with Gasteiger partial charge in [0, 0.05) is 25.2 Å². The summed E-state index contributed by atoms with van der Waals surface area (Å²) in [6.07, 6.45) is 7.13. The van der Waals surface area contributed by atoms with Gasteiger partial charge in [0.15, 0.2) is 0 Å². The average Bonchev–Trinajstić information content (AvgIpc) is 3.15. The third-order valence-electron chi connectivity index (χ3n) is 4.84. The van der Waals surface area contributed by atoms with Crippen LogP contribution in [0.4, 0.5) is 0 Å². The highest BCUT2D eigenvalue weighted by molar-refractivity contribution is 4.90. The van der Waals surface area contributed by atoms with Gasteiger partial charge in [0.05, 0.1) is 0 Å². The van der Waals surface area contributed by atoms with Crippen LogP contribution >= 0.6 is 0 Å². The lowest BCUT2D eigenvalue weighted by Gasteiger charge is -2.39. The number of hydrogen-bond donors (Lipinski definition) is 1. The molecule has 0 heterocycles. The van der Waals surface area contributed by atoms with Crippen LogP contribution in [0, 0.1) is 17.8 Å². The molecule has 2 saturated carbocycles. The zero-order valence-electron chi connectivity index (χ0n) is 13.5. The first kappa shape index (κ1) is 15.3. The molecule has 0 aliphatic heterocycles. The molecular weight excluding hydrogens is 232 g/mol. The standard InChI is InChI=1S/C17H34N2/c1-5-18-17-9-6-14(4)10-15(17)12-19(11-13(2)3)16-7-8-16/h13-18H,5-12H2,1-4H3. The molecule has 3 unspecified atom stereocenters. The molecule has 3 atom stereocenters. The summed E-state index contributed by atoms with van der Waals surface area (Å²) in [4.78, 5) is 2.80. The molecule has 2 nitrogen and oxygen atoms in total. The fraction of sp³-hybridized carbons (Fsp3) is 1.00. The highest BCUT2D eigenvalue weighted by Gasteiger charge is 2.34. The number of nitrogens with one attached hydrogen (secondary N) is 1. The van der Waals surface area contributed by atoms with Crippen molar-refractivity contribution in [3.8, 4) is 0 Å². The Balaban J connectivity index is 1.91. The van der Waals surface area contributed by atoms with Gasteiger partial charge in [-0.2, -0.15) is 0 Å². The van der Waals surface area contributed by atoms with Crippen molar-refractivity contribution in [1.82, 2.24) is 10.2 Å². The zero-order valence-corrected chi connectivity index (χ0v) is 13.5. The molecule has 0 aromatic carbocycles. The number of rotatable bonds is 7. The summed E-state index contributed by atoms with van der Waals surface area (Å²) in [6.45, 7) is 13.2. The summed E-state index contributed by atoms with van der Waals surface area (Å²) in [5, 5.41) is 3.75. The maximum Gasteiger partial charge on any atom is 0.0108 e. The van der Waals surface area contributed by atoms with E-state index in [0.29, 0.717) is 0 Å². The molecule has 2 heteroatoms. The summed E-state index contributed by atoms with van der Waals surface area (Å²) in [7, 11) is 0. The number of hydrogen-bond acceptors (Lipinski definition) is 2. The summed E-state index contributed by atoms with van der Waals surface area (Å²) in [5.41, 5.74) is 0. The van der Waals surface area contributed by atoms with Crippen LogP contribution in [0.3, 0.4) is 0 Å². The summed E-state index contributed by atoms with van der Waals surface area (Å²) < 4.78 is 0. The van der Waals surface area contributed by atoms with E-state index in [0.717, 1.165) is 36.4 Å². The summed E-state index contributed by atoms with van der Waals surface area (Å²) in [6, 6.07) is 1.69. The molecule has 1 N–H and O–H groups in total. The molecule has 0 aromatic heterocycles. The van der Waals surface area contributed by atoms with Crippen LogP contribution in [-0.2, 0) is 0 Å². The van der Waals surface area contributed by atoms with Crippen molar-refractivity contribution in [2.24, 2.45) is 17.8 Å². The lowest BCUT2D eigenvalue weighted by Crippen LogP contribution is -2.46. The molecule has 2 fully saturated rings. The SMILES string of the molecule is CCNC1CCC(C)CC1CN(CC(C)C)C1CC1. The maximum absolute atomic E-state index is 3.75. The van der Waals surface area contributed by atoms with Gasteiger partial charge in [-0.25, -0.2) is 0 Å². The molecule has 2 aliphatic carbocycles. The summed E-state index contributed by atoms with van der Waals surface area (Å²) >= 11 is 0. The van der Waals surface area contributed by atoms with Crippen LogP contribution in [-0.4, -0.2) is 36.6 Å². The quantitative estimate of drug-likeness (QED) is 0.758. The Morgan fingerprint density at radius 1 is 1.16 bits per heavy atom. The molecule has 0 bridgehead atoms. The van der Waals surface area contributed by atoms with E-state index in [9.17, 15) is 0 Å². The van der Waals surface area contributed by atoms with Crippen LogP contribution in [0.5, 0.6) is 0 Å². The van der Waals surface area contributed by atoms with E-state index < -0.39 is 0 Å². The van der Waals surface area contributed by atoms with Crippen LogP contribution in [0.2, 0.25) is 0 Å². The fourth-order valence-electron chi connectivity index (χ4n) is 3.81. The van der Waals surface area contributed by atoms with Crippen molar-refractivity contribution in [2.45, 2.75) is 71.9 Å². The molecule has 19 heavy (non-hydrogen) atoms. The Morgan fingerprint density at radius 3 is 2.47 bits per heavy atom. The van der Waals surface area contributed by atoms with Gasteiger partial charge in [0.25, 0.3) is 0 Å². The van der Waals surface area contributed by atoms with Crippen LogP contribution < -0.4 is 5.32 Å². The molecular formula is C17H34N2. The normalized spacial score (nSPS) is 32.2. The van der Waals surface area contributed by atoms with Crippen LogP contribution in [0.25, 0.3) is 0 Å². The highest BCUT2D eigenvalue weighted by Crippen LogP contribution is 2.34. The van der Waals surface area contributed by atoms with E-state index in [-0.39, 0.29) is 0 Å². The van der Waals surface area contributed by atoms with Crippen molar-refractivity contribution in [3.63, 3.8) is 0 Å². The van der Waals surface area contributed by atoms with Crippen molar-refractivity contribution in [3.05, 3.63) is 0 Å². The van der Waals surface area contributed by atoms with Crippen molar-refractivity contribution >= 4 is 0 Å². The van der Waals surface area contributed by atoms with Gasteiger partial charge in [0.2, 0.25) is 0 Å². The first-order valence-electron chi connectivity index (χ1n) is 8.57. The Hall–Kier alpha value is -0.0800. The van der Waals surface area contributed by atoms with E-state index in [1.807, 2.05) is 0 Å². The minimum atomic E-state index is 0.773. The van der Waals surface area contributed by atoms with Crippen molar-refractivity contribution < 1.29 is 0 Å². The van der Waals surface area contributed by atoms with Crippen molar-refractivity contribution in [1.29, 1.82) is 0 Å². The predicted molar refractivity (Wildman–Crippen MR) is 83.4 cm³/mol. The minimum absolute atomic E-state index is 0.773. The van der Waals surface area contributed by atoms with Gasteiger partial charge in [-0.05, 0) is 56.4 Å². The third-order valence-corrected chi connectivity index (χ3v) is 4.84. The van der Waals surface area contributed by atoms with E-state index >= 15 is 0 Å². The number of nitrogens with zero attached hydrogens (tertiary/aromatic N) is 1. The Kier molecular flexibility index (Phi) is 5.70. The smallest absolute Gasteiger partial charge is 0.0108 e. The van der Waals surface area contributed by atoms with E-state index in [4.69, 9.17) is 0 Å². The Morgan fingerprint density at radius 2 is 1.89 bits per heavy atom. The second-order valence-electron chi connectivity index (χ2n) is 7.42. The van der Waals surface area contributed by atoms with Crippen molar-refractivity contribution in [2.75, 3.05) is 19.6 Å². The topological polar surface area (TPSA) is 15.3 Å². The monoisotopic (exact) mass is 266 g/mol. The van der Waals surface area contributed by atoms with Gasteiger partial charge < -0.3 is 5.32 Å². The molecule has 2 aliphatic rings. The summed E-state index contributed by atoms with van der Waals surface area (Å²) in [5.74, 6) is 2.61. The van der Waals surface area contributed by atoms with E-state index in [1.165, 1.54) is 45.2 Å². The first-order valence-corrected chi connectivity index (χ1v) is 8.57. The first-order chi connectivity index (χ1) is 9.10. The van der Waals surface area contributed by atoms with Crippen LogP contribution in [0.1, 0.15) is 59.8 Å². The minimum Gasteiger partial charge on any atom is -0.314 e. The third kappa shape index (κ3) is 4.75. The highest BCUT2D eigenvalue weighted by atomic mass is 15.2. The Bertz CT molecular complexity index is 260. The fourth-order valence-corrected chi connectivity index (χ4v) is 3.81. The van der Waals surface area contributed by atoms with E-state index in [1.54, 1.807) is 0 Å². The molecule has 0 saturated heterocycles. The second kappa shape index (κ2) is 7.08. The van der Waals surface area contributed by atoms with Gasteiger partial charge in [-0.3, -0.25) is 4.90 Å². The molecule has 0 radical (unpaired) electrons. The zero-order chi connectivity index (χ0) is 13.8. The largest absolute Gasteiger partial charge is 0.314 e. The second-order valence-corrected chi connectivity index (χ2v) is 7.42. The molecule has 0 spiro atoms. The van der Waals surface area contributed by atoms with Crippen LogP contribution in [0.15, 0.2) is 0 Å². The van der Waals surface area contributed by atoms with Gasteiger partial charge >= 0.3 is 0 Å². The maximum atomic E-state index is 3.75. The van der Waals surface area contributed by atoms with E-state index in [2.05, 4.69) is 37.9 Å². The lowest BCUT2D eigenvalue weighted by atomic mass is 9.78. The molecule has 0 aromatic rings. The lowest BCUT2D eigenvalue weighted by molar-refractivity contribution is 0.131. The molecule has 112 valence electrons. The Labute approximate surface area is 120 Å². The van der Waals surface area contributed by atoms with Gasteiger partial charge in [-0.1, -0.05) is 27.7 Å². The average molecular weight is 266 g/mol. The molecule has 0 amide bonds. The molecule has 2 rings (SSSR count).